The SMILES string of the molecule is CCOc1ccc(-c2[nH]c(-c3cccc(NC)c3)nc2C(=O)Nc2nccs2)cc1. The molecule has 2 aromatic carbocycles. The summed E-state index contributed by atoms with van der Waals surface area (Å²) in [6.07, 6.45) is 1.65. The maximum atomic E-state index is 13.0. The van der Waals surface area contributed by atoms with Crippen LogP contribution in [0.25, 0.3) is 22.6 Å². The van der Waals surface area contributed by atoms with Gasteiger partial charge in [-0.15, -0.1) is 11.3 Å². The highest BCUT2D eigenvalue weighted by molar-refractivity contribution is 7.13. The Morgan fingerprint density at radius 3 is 2.70 bits per heavy atom. The quantitative estimate of drug-likeness (QED) is 0.397. The summed E-state index contributed by atoms with van der Waals surface area (Å²) in [5.74, 6) is 1.07. The van der Waals surface area contributed by atoms with Crippen molar-refractivity contribution in [3.8, 4) is 28.4 Å². The second kappa shape index (κ2) is 8.79. The van der Waals surface area contributed by atoms with Crippen molar-refractivity contribution in [2.45, 2.75) is 6.92 Å². The van der Waals surface area contributed by atoms with Crippen molar-refractivity contribution in [1.82, 2.24) is 15.0 Å². The van der Waals surface area contributed by atoms with Crippen molar-refractivity contribution in [2.75, 3.05) is 24.3 Å². The summed E-state index contributed by atoms with van der Waals surface area (Å²) < 4.78 is 5.53. The van der Waals surface area contributed by atoms with Crippen LogP contribution in [0.1, 0.15) is 17.4 Å². The van der Waals surface area contributed by atoms with Gasteiger partial charge in [0, 0.05) is 35.4 Å². The van der Waals surface area contributed by atoms with Gasteiger partial charge < -0.3 is 15.0 Å². The van der Waals surface area contributed by atoms with Gasteiger partial charge in [0.1, 0.15) is 11.6 Å². The molecule has 0 unspecified atom stereocenters. The van der Waals surface area contributed by atoms with E-state index in [9.17, 15) is 4.79 Å². The minimum absolute atomic E-state index is 0.305. The molecular weight excluding hydrogens is 398 g/mol. The lowest BCUT2D eigenvalue weighted by atomic mass is 10.1. The van der Waals surface area contributed by atoms with Gasteiger partial charge in [0.2, 0.25) is 0 Å². The monoisotopic (exact) mass is 419 g/mol. The van der Waals surface area contributed by atoms with Crippen molar-refractivity contribution in [2.24, 2.45) is 0 Å². The van der Waals surface area contributed by atoms with Crippen molar-refractivity contribution < 1.29 is 9.53 Å². The molecule has 3 N–H and O–H groups in total. The zero-order valence-corrected chi connectivity index (χ0v) is 17.4. The molecule has 0 aliphatic rings. The predicted octanol–water partition coefficient (Wildman–Crippen LogP) is 4.89. The molecule has 8 heteroatoms. The molecule has 0 radical (unpaired) electrons. The molecule has 4 aromatic rings. The van der Waals surface area contributed by atoms with E-state index in [2.05, 4.69) is 25.6 Å². The van der Waals surface area contributed by atoms with Crippen LogP contribution in [-0.2, 0) is 0 Å². The van der Waals surface area contributed by atoms with Crippen molar-refractivity contribution >= 4 is 28.1 Å². The number of H-pyrrole nitrogens is 1. The van der Waals surface area contributed by atoms with Gasteiger partial charge in [-0.25, -0.2) is 9.97 Å². The normalized spacial score (nSPS) is 10.6. The molecule has 2 aromatic heterocycles. The summed E-state index contributed by atoms with van der Waals surface area (Å²) in [4.78, 5) is 25.0. The Hall–Kier alpha value is -3.65. The summed E-state index contributed by atoms with van der Waals surface area (Å²) in [5, 5.41) is 8.27. The Balaban J connectivity index is 1.75. The average Bonchev–Trinajstić information content (AvgIpc) is 3.45. The number of anilines is 2. The maximum Gasteiger partial charge on any atom is 0.278 e. The Morgan fingerprint density at radius 1 is 1.17 bits per heavy atom. The van der Waals surface area contributed by atoms with Crippen LogP contribution in [0.2, 0.25) is 0 Å². The summed E-state index contributed by atoms with van der Waals surface area (Å²) in [5.41, 5.74) is 3.62. The molecule has 2 heterocycles. The van der Waals surface area contributed by atoms with Gasteiger partial charge in [-0.2, -0.15) is 0 Å². The topological polar surface area (TPSA) is 91.9 Å². The number of nitrogens with zero attached hydrogens (tertiary/aromatic N) is 2. The van der Waals surface area contributed by atoms with E-state index < -0.39 is 0 Å². The van der Waals surface area contributed by atoms with E-state index in [1.165, 1.54) is 11.3 Å². The molecule has 0 saturated carbocycles. The number of aromatic nitrogens is 3. The molecule has 0 aliphatic heterocycles. The number of aromatic amines is 1. The van der Waals surface area contributed by atoms with E-state index in [0.29, 0.717) is 29.0 Å². The molecule has 0 fully saturated rings. The number of benzene rings is 2. The first-order valence-electron chi connectivity index (χ1n) is 9.50. The van der Waals surface area contributed by atoms with E-state index >= 15 is 0 Å². The van der Waals surface area contributed by atoms with Gasteiger partial charge in [0.25, 0.3) is 5.91 Å². The first-order valence-corrected chi connectivity index (χ1v) is 10.4. The summed E-state index contributed by atoms with van der Waals surface area (Å²) in [6, 6.07) is 15.4. The Kier molecular flexibility index (Phi) is 5.76. The Bertz CT molecular complexity index is 1140. The van der Waals surface area contributed by atoms with Gasteiger partial charge in [0.15, 0.2) is 10.8 Å². The molecule has 0 saturated heterocycles. The van der Waals surface area contributed by atoms with Crippen LogP contribution in [-0.4, -0.2) is 34.5 Å². The number of nitrogens with one attached hydrogen (secondary N) is 3. The zero-order valence-electron chi connectivity index (χ0n) is 16.6. The lowest BCUT2D eigenvalue weighted by molar-refractivity contribution is 0.102. The highest BCUT2D eigenvalue weighted by Crippen LogP contribution is 2.29. The molecule has 0 atom stereocenters. The Labute approximate surface area is 178 Å². The second-order valence-corrected chi connectivity index (χ2v) is 7.28. The average molecular weight is 420 g/mol. The van der Waals surface area contributed by atoms with Crippen LogP contribution in [0.15, 0.2) is 60.1 Å². The highest BCUT2D eigenvalue weighted by atomic mass is 32.1. The number of carbonyl (C=O) groups is 1. The van der Waals surface area contributed by atoms with Gasteiger partial charge in [-0.05, 0) is 43.3 Å². The van der Waals surface area contributed by atoms with Crippen LogP contribution >= 0.6 is 11.3 Å². The third-order valence-electron chi connectivity index (χ3n) is 4.45. The van der Waals surface area contributed by atoms with Gasteiger partial charge in [-0.1, -0.05) is 12.1 Å². The molecule has 7 nitrogen and oxygen atoms in total. The van der Waals surface area contributed by atoms with E-state index in [1.807, 2.05) is 67.9 Å². The van der Waals surface area contributed by atoms with Crippen LogP contribution < -0.4 is 15.4 Å². The van der Waals surface area contributed by atoms with E-state index in [1.54, 1.807) is 6.20 Å². The van der Waals surface area contributed by atoms with Crippen molar-refractivity contribution in [1.29, 1.82) is 0 Å². The van der Waals surface area contributed by atoms with Gasteiger partial charge in [0.05, 0.1) is 12.3 Å². The van der Waals surface area contributed by atoms with Crippen LogP contribution in [0, 0.1) is 0 Å². The molecule has 152 valence electrons. The van der Waals surface area contributed by atoms with Crippen LogP contribution in [0.4, 0.5) is 10.8 Å². The molecule has 4 rings (SSSR count). The fourth-order valence-electron chi connectivity index (χ4n) is 3.03. The maximum absolute atomic E-state index is 13.0. The van der Waals surface area contributed by atoms with Crippen molar-refractivity contribution in [3.05, 3.63) is 65.8 Å². The number of hydrogen-bond donors (Lipinski definition) is 3. The standard InChI is InChI=1S/C22H21N5O2S/c1-3-29-17-9-7-14(8-10-17)18-19(21(28)27-22-24-11-12-30-22)26-20(25-18)15-5-4-6-16(13-15)23-2/h4-13,23H,3H2,1-2H3,(H,25,26)(H,24,27,28). The molecule has 30 heavy (non-hydrogen) atoms. The first kappa shape index (κ1) is 19.7. The second-order valence-electron chi connectivity index (χ2n) is 6.39. The third-order valence-corrected chi connectivity index (χ3v) is 5.14. The van der Waals surface area contributed by atoms with Gasteiger partial charge >= 0.3 is 0 Å². The summed E-state index contributed by atoms with van der Waals surface area (Å²) in [6.45, 7) is 2.53. The molecule has 0 bridgehead atoms. The first-order chi connectivity index (χ1) is 14.7. The van der Waals surface area contributed by atoms with Crippen LogP contribution in [0.3, 0.4) is 0 Å². The minimum atomic E-state index is -0.318. The molecule has 1 amide bonds. The number of ether oxygens (including phenoxy) is 1. The zero-order chi connectivity index (χ0) is 20.9. The van der Waals surface area contributed by atoms with Gasteiger partial charge in [-0.3, -0.25) is 10.1 Å². The fraction of sp³-hybridized carbons (Fsp3) is 0.136. The smallest absolute Gasteiger partial charge is 0.278 e. The number of hydrogen-bond acceptors (Lipinski definition) is 6. The largest absolute Gasteiger partial charge is 0.494 e. The summed E-state index contributed by atoms with van der Waals surface area (Å²) in [7, 11) is 1.86. The number of thiazole rings is 1. The lowest BCUT2D eigenvalue weighted by Crippen LogP contribution is -2.13. The molecular formula is C22H21N5O2S. The van der Waals surface area contributed by atoms with E-state index in [-0.39, 0.29) is 5.91 Å². The highest BCUT2D eigenvalue weighted by Gasteiger charge is 2.21. The van der Waals surface area contributed by atoms with Crippen molar-refractivity contribution in [3.63, 3.8) is 0 Å². The summed E-state index contributed by atoms with van der Waals surface area (Å²) >= 11 is 1.36. The third kappa shape index (κ3) is 4.18. The predicted molar refractivity (Wildman–Crippen MR) is 120 cm³/mol. The van der Waals surface area contributed by atoms with E-state index in [0.717, 1.165) is 22.6 Å². The Morgan fingerprint density at radius 2 is 2.00 bits per heavy atom. The minimum Gasteiger partial charge on any atom is -0.494 e. The number of carbonyl (C=O) groups excluding carboxylic acids is 1. The number of amides is 1. The number of rotatable bonds is 7. The number of imidazole rings is 1. The molecule has 0 spiro atoms. The lowest BCUT2D eigenvalue weighted by Gasteiger charge is -2.06. The van der Waals surface area contributed by atoms with Crippen LogP contribution in [0.5, 0.6) is 5.75 Å². The van der Waals surface area contributed by atoms with E-state index in [4.69, 9.17) is 4.74 Å². The molecule has 0 aliphatic carbocycles. The fourth-order valence-corrected chi connectivity index (χ4v) is 3.56.